The molecule has 1 saturated heterocycles. The van der Waals surface area contributed by atoms with Crippen LogP contribution in [0.15, 0.2) is 53.4 Å². The fourth-order valence-corrected chi connectivity index (χ4v) is 3.83. The molecule has 0 aromatic heterocycles. The van der Waals surface area contributed by atoms with Crippen LogP contribution >= 0.6 is 0 Å². The maximum absolute atomic E-state index is 13.2. The van der Waals surface area contributed by atoms with Gasteiger partial charge in [-0.05, 0) is 49.7 Å². The maximum Gasteiger partial charge on any atom is 0.339 e. The molecule has 1 atom stereocenters. The zero-order chi connectivity index (χ0) is 19.6. The maximum atomic E-state index is 13.2. The van der Waals surface area contributed by atoms with Gasteiger partial charge in [0.05, 0.1) is 0 Å². The summed E-state index contributed by atoms with van der Waals surface area (Å²) in [5.74, 6) is -0.686. The van der Waals surface area contributed by atoms with E-state index in [0.717, 1.165) is 12.5 Å². The minimum atomic E-state index is -4.09. The van der Waals surface area contributed by atoms with Crippen LogP contribution < -0.4 is 9.08 Å². The van der Waals surface area contributed by atoms with Crippen LogP contribution in [-0.2, 0) is 10.1 Å². The van der Waals surface area contributed by atoms with Crippen molar-refractivity contribution in [1.82, 2.24) is 4.90 Å². The lowest BCUT2D eigenvalue weighted by Gasteiger charge is -2.23. The molecule has 1 aliphatic heterocycles. The zero-order valence-corrected chi connectivity index (χ0v) is 15.9. The van der Waals surface area contributed by atoms with Gasteiger partial charge in [-0.2, -0.15) is 8.42 Å². The number of hydrogen-bond acceptors (Lipinski definition) is 4. The summed E-state index contributed by atoms with van der Waals surface area (Å²) in [5.41, 5.74) is 0.621. The molecule has 1 aliphatic rings. The first-order valence-corrected chi connectivity index (χ1v) is 10.1. The molecule has 3 rings (SSSR count). The van der Waals surface area contributed by atoms with E-state index in [1.54, 1.807) is 21.9 Å². The summed E-state index contributed by atoms with van der Waals surface area (Å²) in [4.78, 5) is 15.9. The van der Waals surface area contributed by atoms with Gasteiger partial charge in [-0.25, -0.2) is 9.18 Å². The zero-order valence-electron chi connectivity index (χ0n) is 15.1. The van der Waals surface area contributed by atoms with E-state index < -0.39 is 15.9 Å². The highest BCUT2D eigenvalue weighted by atomic mass is 32.2. The summed E-state index contributed by atoms with van der Waals surface area (Å²) in [6.07, 6.45) is 0.869. The topological polar surface area (TPSA) is 66.9 Å². The summed E-state index contributed by atoms with van der Waals surface area (Å²) >= 11 is 0. The average molecular weight is 392 g/mol. The fourth-order valence-electron chi connectivity index (χ4n) is 2.91. The molecule has 144 valence electrons. The molecular weight excluding hydrogens is 371 g/mol. The molecule has 0 N–H and O–H groups in total. The molecule has 0 radical (unpaired) electrons. The molecule has 27 heavy (non-hydrogen) atoms. The summed E-state index contributed by atoms with van der Waals surface area (Å²) in [7, 11) is -4.09. The molecule has 1 fully saturated rings. The van der Waals surface area contributed by atoms with Gasteiger partial charge in [0.2, 0.25) is 0 Å². The van der Waals surface area contributed by atoms with Crippen LogP contribution in [0.5, 0.6) is 5.75 Å². The van der Waals surface area contributed by atoms with E-state index in [4.69, 9.17) is 4.18 Å². The second-order valence-electron chi connectivity index (χ2n) is 6.37. The lowest BCUT2D eigenvalue weighted by atomic mass is 10.2. The Kier molecular flexibility index (Phi) is 5.36. The Labute approximate surface area is 158 Å². The molecule has 2 aromatic carbocycles. The molecule has 0 spiro atoms. The number of amides is 2. The average Bonchev–Trinajstić information content (AvgIpc) is 3.02. The number of nitrogens with zero attached hydrogens (tertiary/aromatic N) is 2. The van der Waals surface area contributed by atoms with Crippen LogP contribution in [0.2, 0.25) is 0 Å². The highest BCUT2D eigenvalue weighted by Crippen LogP contribution is 2.25. The smallest absolute Gasteiger partial charge is 0.339 e. The lowest BCUT2D eigenvalue weighted by Crippen LogP contribution is -2.37. The highest BCUT2D eigenvalue weighted by molar-refractivity contribution is 7.87. The second kappa shape index (κ2) is 7.56. The summed E-state index contributed by atoms with van der Waals surface area (Å²) in [6, 6.07) is 10.9. The number of urea groups is 1. The quantitative estimate of drug-likeness (QED) is 0.704. The lowest BCUT2D eigenvalue weighted by molar-refractivity contribution is 0.203. The van der Waals surface area contributed by atoms with Crippen molar-refractivity contribution >= 4 is 21.8 Å². The molecule has 0 saturated carbocycles. The molecule has 2 aromatic rings. The van der Waals surface area contributed by atoms with Gasteiger partial charge in [-0.1, -0.05) is 13.0 Å². The third-order valence-corrected chi connectivity index (χ3v) is 5.86. The van der Waals surface area contributed by atoms with Crippen molar-refractivity contribution in [2.45, 2.75) is 31.2 Å². The van der Waals surface area contributed by atoms with Gasteiger partial charge in [0.25, 0.3) is 0 Å². The van der Waals surface area contributed by atoms with Gasteiger partial charge in [0.15, 0.2) is 0 Å². The minimum Gasteiger partial charge on any atom is -0.379 e. The SMILES string of the molecule is CCC(C)N1CCN(c2ccc(S(=O)(=O)Oc3cccc(F)c3)cc2)C1=O. The van der Waals surface area contributed by atoms with E-state index in [1.165, 1.54) is 30.3 Å². The van der Waals surface area contributed by atoms with Crippen molar-refractivity contribution in [2.24, 2.45) is 0 Å². The molecule has 0 bridgehead atoms. The third-order valence-electron chi connectivity index (χ3n) is 4.60. The predicted molar refractivity (Wildman–Crippen MR) is 99.9 cm³/mol. The Hall–Kier alpha value is -2.61. The van der Waals surface area contributed by atoms with Crippen LogP contribution in [0.3, 0.4) is 0 Å². The van der Waals surface area contributed by atoms with Crippen LogP contribution in [0, 0.1) is 5.82 Å². The third kappa shape index (κ3) is 4.05. The normalized spacial score (nSPS) is 15.9. The van der Waals surface area contributed by atoms with Crippen molar-refractivity contribution in [1.29, 1.82) is 0 Å². The van der Waals surface area contributed by atoms with Crippen LogP contribution in [0.25, 0.3) is 0 Å². The van der Waals surface area contributed by atoms with E-state index in [2.05, 4.69) is 0 Å². The van der Waals surface area contributed by atoms with Crippen LogP contribution in [-0.4, -0.2) is 38.5 Å². The molecule has 1 heterocycles. The van der Waals surface area contributed by atoms with Crippen molar-refractivity contribution in [2.75, 3.05) is 18.0 Å². The standard InChI is InChI=1S/C19H21FN2O4S/c1-3-14(2)21-11-12-22(19(21)23)16-7-9-18(10-8-16)27(24,25)26-17-6-4-5-15(20)13-17/h4-10,13-14H,3,11-12H2,1-2H3. The van der Waals surface area contributed by atoms with Crippen molar-refractivity contribution in [3.05, 3.63) is 54.3 Å². The Bertz CT molecular complexity index is 931. The summed E-state index contributed by atoms with van der Waals surface area (Å²) in [6.45, 7) is 5.21. The highest BCUT2D eigenvalue weighted by Gasteiger charge is 2.32. The Morgan fingerprint density at radius 2 is 1.85 bits per heavy atom. The van der Waals surface area contributed by atoms with Gasteiger partial charge < -0.3 is 9.08 Å². The number of hydrogen-bond donors (Lipinski definition) is 0. The number of carbonyl (C=O) groups excluding carboxylic acids is 1. The number of rotatable bonds is 6. The Morgan fingerprint density at radius 3 is 2.48 bits per heavy atom. The van der Waals surface area contributed by atoms with E-state index in [9.17, 15) is 17.6 Å². The number of halogens is 1. The first-order chi connectivity index (χ1) is 12.8. The van der Waals surface area contributed by atoms with Gasteiger partial charge in [-0.3, -0.25) is 4.90 Å². The number of carbonyl (C=O) groups is 1. The Balaban J connectivity index is 1.76. The van der Waals surface area contributed by atoms with Gasteiger partial charge >= 0.3 is 16.1 Å². The van der Waals surface area contributed by atoms with Crippen molar-refractivity contribution in [3.63, 3.8) is 0 Å². The molecule has 1 unspecified atom stereocenters. The van der Waals surface area contributed by atoms with Gasteiger partial charge in [0.1, 0.15) is 16.5 Å². The number of anilines is 1. The van der Waals surface area contributed by atoms with E-state index in [1.807, 2.05) is 13.8 Å². The van der Waals surface area contributed by atoms with E-state index in [0.29, 0.717) is 18.8 Å². The second-order valence-corrected chi connectivity index (χ2v) is 7.92. The summed E-state index contributed by atoms with van der Waals surface area (Å²) < 4.78 is 42.9. The molecule has 2 amide bonds. The van der Waals surface area contributed by atoms with E-state index >= 15 is 0 Å². The monoisotopic (exact) mass is 392 g/mol. The molecule has 6 nitrogen and oxygen atoms in total. The van der Waals surface area contributed by atoms with Gasteiger partial charge in [0, 0.05) is 30.9 Å². The minimum absolute atomic E-state index is 0.0686. The molecule has 8 heteroatoms. The number of benzene rings is 2. The molecule has 0 aliphatic carbocycles. The van der Waals surface area contributed by atoms with Crippen molar-refractivity contribution < 1.29 is 21.8 Å². The Morgan fingerprint density at radius 1 is 1.15 bits per heavy atom. The fraction of sp³-hybridized carbons (Fsp3) is 0.316. The van der Waals surface area contributed by atoms with Gasteiger partial charge in [-0.15, -0.1) is 0 Å². The first kappa shape index (κ1) is 19.2. The first-order valence-electron chi connectivity index (χ1n) is 8.70. The van der Waals surface area contributed by atoms with Crippen LogP contribution in [0.1, 0.15) is 20.3 Å². The molecular formula is C19H21FN2O4S. The van der Waals surface area contributed by atoms with E-state index in [-0.39, 0.29) is 22.7 Å². The largest absolute Gasteiger partial charge is 0.379 e. The van der Waals surface area contributed by atoms with Crippen molar-refractivity contribution in [3.8, 4) is 5.75 Å². The van der Waals surface area contributed by atoms with Crippen LogP contribution in [0.4, 0.5) is 14.9 Å². The summed E-state index contributed by atoms with van der Waals surface area (Å²) in [5, 5.41) is 0. The predicted octanol–water partition coefficient (Wildman–Crippen LogP) is 3.63.